The molecule has 0 aliphatic carbocycles. The first kappa shape index (κ1) is 16.6. The predicted molar refractivity (Wildman–Crippen MR) is 96.9 cm³/mol. The lowest BCUT2D eigenvalue weighted by molar-refractivity contribution is 0.255. The van der Waals surface area contributed by atoms with E-state index in [-0.39, 0.29) is 6.03 Å². The molecule has 4 heteroatoms. The first-order chi connectivity index (χ1) is 11.0. The van der Waals surface area contributed by atoms with E-state index < -0.39 is 0 Å². The molecule has 2 aromatic carbocycles. The van der Waals surface area contributed by atoms with E-state index in [0.29, 0.717) is 5.92 Å². The molecule has 0 saturated heterocycles. The molecule has 2 rings (SSSR count). The van der Waals surface area contributed by atoms with Crippen LogP contribution < -0.4 is 16.0 Å². The molecular formula is C19H23N3O. The maximum atomic E-state index is 11.8. The molecule has 0 saturated carbocycles. The SMILES string of the molecule is C/C(=C\NC(=O)Nc1ccc(Nc2ccccc2)cc1)C(C)C. The molecule has 23 heavy (non-hydrogen) atoms. The number of rotatable bonds is 5. The van der Waals surface area contributed by atoms with Gasteiger partial charge in [-0.05, 0) is 49.2 Å². The second kappa shape index (κ2) is 8.03. The average Bonchev–Trinajstić information content (AvgIpc) is 2.55. The first-order valence-corrected chi connectivity index (χ1v) is 7.71. The number of allylic oxidation sites excluding steroid dienone is 1. The Balaban J connectivity index is 1.90. The minimum atomic E-state index is -0.242. The van der Waals surface area contributed by atoms with Crippen molar-refractivity contribution in [2.24, 2.45) is 5.92 Å². The topological polar surface area (TPSA) is 53.2 Å². The van der Waals surface area contributed by atoms with Crippen LogP contribution in [0.5, 0.6) is 0 Å². The number of amides is 2. The van der Waals surface area contributed by atoms with E-state index in [2.05, 4.69) is 29.8 Å². The van der Waals surface area contributed by atoms with Crippen LogP contribution in [0.4, 0.5) is 21.9 Å². The smallest absolute Gasteiger partial charge is 0.323 e. The van der Waals surface area contributed by atoms with Crippen LogP contribution in [0.2, 0.25) is 0 Å². The maximum absolute atomic E-state index is 11.8. The minimum Gasteiger partial charge on any atom is -0.356 e. The van der Waals surface area contributed by atoms with Gasteiger partial charge in [0.05, 0.1) is 0 Å². The molecule has 3 N–H and O–H groups in total. The third-order valence-electron chi connectivity index (χ3n) is 3.55. The second-order valence-electron chi connectivity index (χ2n) is 5.71. The van der Waals surface area contributed by atoms with Crippen LogP contribution in [0.3, 0.4) is 0 Å². The average molecular weight is 309 g/mol. The van der Waals surface area contributed by atoms with E-state index >= 15 is 0 Å². The molecule has 0 aliphatic heterocycles. The van der Waals surface area contributed by atoms with Gasteiger partial charge in [0, 0.05) is 23.3 Å². The quantitative estimate of drug-likeness (QED) is 0.718. The Morgan fingerprint density at radius 2 is 1.48 bits per heavy atom. The van der Waals surface area contributed by atoms with Crippen molar-refractivity contribution in [3.63, 3.8) is 0 Å². The number of carbonyl (C=O) groups excluding carboxylic acids is 1. The molecule has 0 bridgehead atoms. The molecule has 0 spiro atoms. The minimum absolute atomic E-state index is 0.242. The van der Waals surface area contributed by atoms with Crippen molar-refractivity contribution in [1.82, 2.24) is 5.32 Å². The zero-order valence-corrected chi connectivity index (χ0v) is 13.8. The van der Waals surface area contributed by atoms with Gasteiger partial charge in [-0.15, -0.1) is 0 Å². The van der Waals surface area contributed by atoms with E-state index in [0.717, 1.165) is 22.6 Å². The normalized spacial score (nSPS) is 11.2. The van der Waals surface area contributed by atoms with E-state index in [1.807, 2.05) is 61.5 Å². The van der Waals surface area contributed by atoms with Crippen LogP contribution in [0.25, 0.3) is 0 Å². The Morgan fingerprint density at radius 1 is 0.913 bits per heavy atom. The summed E-state index contributed by atoms with van der Waals surface area (Å²) >= 11 is 0. The van der Waals surface area contributed by atoms with E-state index in [1.54, 1.807) is 6.20 Å². The summed E-state index contributed by atoms with van der Waals surface area (Å²) in [7, 11) is 0. The summed E-state index contributed by atoms with van der Waals surface area (Å²) in [5.41, 5.74) is 3.87. The lowest BCUT2D eigenvalue weighted by atomic mass is 10.1. The number of benzene rings is 2. The van der Waals surface area contributed by atoms with Crippen molar-refractivity contribution in [2.45, 2.75) is 20.8 Å². The Bertz CT molecular complexity index is 661. The number of hydrogen-bond acceptors (Lipinski definition) is 2. The van der Waals surface area contributed by atoms with Crippen LogP contribution >= 0.6 is 0 Å². The molecule has 0 fully saturated rings. The maximum Gasteiger partial charge on any atom is 0.323 e. The molecule has 2 aromatic rings. The summed E-state index contributed by atoms with van der Waals surface area (Å²) in [4.78, 5) is 11.8. The fourth-order valence-corrected chi connectivity index (χ4v) is 1.84. The monoisotopic (exact) mass is 309 g/mol. The fraction of sp³-hybridized carbons (Fsp3) is 0.211. The molecule has 4 nitrogen and oxygen atoms in total. The second-order valence-corrected chi connectivity index (χ2v) is 5.71. The van der Waals surface area contributed by atoms with E-state index in [1.165, 1.54) is 0 Å². The van der Waals surface area contributed by atoms with Crippen molar-refractivity contribution in [2.75, 3.05) is 10.6 Å². The molecule has 0 aromatic heterocycles. The lowest BCUT2D eigenvalue weighted by Gasteiger charge is -2.09. The first-order valence-electron chi connectivity index (χ1n) is 7.71. The highest BCUT2D eigenvalue weighted by atomic mass is 16.2. The van der Waals surface area contributed by atoms with E-state index in [4.69, 9.17) is 0 Å². The predicted octanol–water partition coefficient (Wildman–Crippen LogP) is 5.11. The zero-order valence-electron chi connectivity index (χ0n) is 13.8. The van der Waals surface area contributed by atoms with Gasteiger partial charge in [0.25, 0.3) is 0 Å². The highest BCUT2D eigenvalue weighted by molar-refractivity contribution is 5.90. The highest BCUT2D eigenvalue weighted by Gasteiger charge is 2.02. The number of nitrogens with one attached hydrogen (secondary N) is 3. The van der Waals surface area contributed by atoms with Crippen LogP contribution in [0.1, 0.15) is 20.8 Å². The summed E-state index contributed by atoms with van der Waals surface area (Å²) in [6, 6.07) is 17.3. The molecular weight excluding hydrogens is 286 g/mol. The third kappa shape index (κ3) is 5.51. The third-order valence-corrected chi connectivity index (χ3v) is 3.55. The molecule has 2 amide bonds. The van der Waals surface area contributed by atoms with Crippen LogP contribution in [0, 0.1) is 5.92 Å². The van der Waals surface area contributed by atoms with Crippen LogP contribution in [-0.4, -0.2) is 6.03 Å². The van der Waals surface area contributed by atoms with Gasteiger partial charge in [-0.3, -0.25) is 0 Å². The van der Waals surface area contributed by atoms with Gasteiger partial charge in [0.1, 0.15) is 0 Å². The summed E-state index contributed by atoms with van der Waals surface area (Å²) in [6.07, 6.45) is 1.74. The number of anilines is 3. The summed E-state index contributed by atoms with van der Waals surface area (Å²) in [5, 5.41) is 8.84. The fourth-order valence-electron chi connectivity index (χ4n) is 1.84. The molecule has 0 atom stereocenters. The van der Waals surface area contributed by atoms with Crippen molar-refractivity contribution in [3.8, 4) is 0 Å². The standard InChI is InChI=1S/C19H23N3O/c1-14(2)15(3)13-20-19(23)22-18-11-9-17(10-12-18)21-16-7-5-4-6-8-16/h4-14,21H,1-3H3,(H2,20,22,23)/b15-13+. The lowest BCUT2D eigenvalue weighted by Crippen LogP contribution is -2.24. The highest BCUT2D eigenvalue weighted by Crippen LogP contribution is 2.18. The van der Waals surface area contributed by atoms with Gasteiger partial charge in [-0.25, -0.2) is 4.79 Å². The Kier molecular flexibility index (Phi) is 5.80. The summed E-state index contributed by atoms with van der Waals surface area (Å²) in [6.45, 7) is 6.17. The number of carbonyl (C=O) groups is 1. The van der Waals surface area contributed by atoms with Crippen molar-refractivity contribution < 1.29 is 4.79 Å². The largest absolute Gasteiger partial charge is 0.356 e. The van der Waals surface area contributed by atoms with Gasteiger partial charge in [-0.2, -0.15) is 0 Å². The number of para-hydroxylation sites is 1. The molecule has 120 valence electrons. The Morgan fingerprint density at radius 3 is 2.09 bits per heavy atom. The summed E-state index contributed by atoms with van der Waals surface area (Å²) < 4.78 is 0. The van der Waals surface area contributed by atoms with E-state index in [9.17, 15) is 4.79 Å². The van der Waals surface area contributed by atoms with Gasteiger partial charge < -0.3 is 16.0 Å². The molecule has 0 heterocycles. The van der Waals surface area contributed by atoms with Crippen molar-refractivity contribution in [1.29, 1.82) is 0 Å². The van der Waals surface area contributed by atoms with Crippen LogP contribution in [-0.2, 0) is 0 Å². The molecule has 0 radical (unpaired) electrons. The Hall–Kier alpha value is -2.75. The summed E-state index contributed by atoms with van der Waals surface area (Å²) in [5.74, 6) is 0.415. The van der Waals surface area contributed by atoms with Crippen LogP contribution in [0.15, 0.2) is 66.4 Å². The van der Waals surface area contributed by atoms with Gasteiger partial charge in [0.2, 0.25) is 0 Å². The Labute approximate surface area is 137 Å². The zero-order chi connectivity index (χ0) is 16.7. The van der Waals surface area contributed by atoms with Crippen molar-refractivity contribution in [3.05, 3.63) is 66.4 Å². The molecule has 0 unspecified atom stereocenters. The van der Waals surface area contributed by atoms with Gasteiger partial charge in [0.15, 0.2) is 0 Å². The van der Waals surface area contributed by atoms with Gasteiger partial charge in [-0.1, -0.05) is 37.6 Å². The van der Waals surface area contributed by atoms with Crippen molar-refractivity contribution >= 4 is 23.1 Å². The molecule has 0 aliphatic rings. The number of hydrogen-bond donors (Lipinski definition) is 3. The van der Waals surface area contributed by atoms with Gasteiger partial charge >= 0.3 is 6.03 Å². The number of urea groups is 1.